The number of nitriles is 1. The Morgan fingerprint density at radius 3 is 2.23 bits per heavy atom. The van der Waals surface area contributed by atoms with Gasteiger partial charge in [-0.05, 0) is 102 Å². The number of anilines is 1. The number of fused-ring (bicyclic) bond motifs is 2. The number of aryl methyl sites for hydroxylation is 2. The number of hydrogen-bond acceptors (Lipinski definition) is 10. The molecule has 17 heteroatoms. The number of benzene rings is 5. The van der Waals surface area contributed by atoms with Crippen LogP contribution in [0.1, 0.15) is 50.9 Å². The van der Waals surface area contributed by atoms with Crippen molar-refractivity contribution in [2.24, 2.45) is 0 Å². The molecule has 5 aromatic carbocycles. The van der Waals surface area contributed by atoms with Gasteiger partial charge in [0.2, 0.25) is 22.0 Å². The highest BCUT2D eigenvalue weighted by molar-refractivity contribution is 7.89. The number of carboxylic acid groups (broad SMARTS) is 1. The maximum Gasteiger partial charge on any atom is 0.326 e. The Bertz CT molecular complexity index is 2930. The fraction of sp³-hybridized carbons (Fsp3) is 0.213. The number of hydrogen-bond donors (Lipinski definition) is 2. The average Bonchev–Trinajstić information content (AvgIpc) is 3.64. The Hall–Kier alpha value is -6.70. The molecule has 0 spiro atoms. The number of amides is 2. The highest BCUT2D eigenvalue weighted by atomic mass is 35.5. The van der Waals surface area contributed by atoms with Gasteiger partial charge in [0.15, 0.2) is 5.76 Å². The molecule has 2 N–H and O–H groups in total. The predicted octanol–water partition coefficient (Wildman–Crippen LogP) is 7.74. The summed E-state index contributed by atoms with van der Waals surface area (Å²) in [5.74, 6) is -1.61. The first-order valence-corrected chi connectivity index (χ1v) is 22.1. The minimum absolute atomic E-state index is 0.0258. The lowest BCUT2D eigenvalue weighted by atomic mass is 9.93. The molecule has 326 valence electrons. The van der Waals surface area contributed by atoms with Gasteiger partial charge in [-0.15, -0.1) is 0 Å². The second-order valence-electron chi connectivity index (χ2n) is 15.5. The normalized spacial score (nSPS) is 16.5. The summed E-state index contributed by atoms with van der Waals surface area (Å²) in [6.45, 7) is 2.88. The second-order valence-corrected chi connectivity index (χ2v) is 18.1. The zero-order chi connectivity index (χ0) is 45.4. The van der Waals surface area contributed by atoms with Crippen LogP contribution in [0.4, 0.5) is 5.69 Å². The number of nitrogens with one attached hydrogen (secondary N) is 1. The summed E-state index contributed by atoms with van der Waals surface area (Å²) in [5, 5.41) is 26.7. The first-order valence-electron chi connectivity index (χ1n) is 20.0. The van der Waals surface area contributed by atoms with E-state index in [0.717, 1.165) is 21.0 Å². The first-order chi connectivity index (χ1) is 30.6. The van der Waals surface area contributed by atoms with Gasteiger partial charge in [0.25, 0.3) is 5.91 Å². The molecule has 0 radical (unpaired) electrons. The lowest BCUT2D eigenvalue weighted by Gasteiger charge is -2.38. The number of carboxylic acids is 1. The molecule has 3 heterocycles. The maximum absolute atomic E-state index is 14.5. The van der Waals surface area contributed by atoms with Crippen LogP contribution in [-0.2, 0) is 50.4 Å². The topological polar surface area (TPSA) is 192 Å². The van der Waals surface area contributed by atoms with Gasteiger partial charge in [-0.25, -0.2) is 13.2 Å². The van der Waals surface area contributed by atoms with Crippen molar-refractivity contribution in [3.63, 3.8) is 0 Å². The molecule has 8 rings (SSSR count). The monoisotopic (exact) mass is 919 g/mol. The third kappa shape index (κ3) is 8.78. The number of rotatable bonds is 12. The molecule has 1 aromatic heterocycles. The van der Waals surface area contributed by atoms with Crippen molar-refractivity contribution in [2.45, 2.75) is 62.9 Å². The van der Waals surface area contributed by atoms with E-state index in [1.165, 1.54) is 18.7 Å². The predicted molar refractivity (Wildman–Crippen MR) is 237 cm³/mol. The van der Waals surface area contributed by atoms with Gasteiger partial charge in [-0.2, -0.15) is 9.57 Å². The van der Waals surface area contributed by atoms with Gasteiger partial charge in [0, 0.05) is 25.6 Å². The number of halogens is 2. The smallest absolute Gasteiger partial charge is 0.326 e. The van der Waals surface area contributed by atoms with Crippen LogP contribution < -0.4 is 19.7 Å². The third-order valence-corrected chi connectivity index (χ3v) is 14.1. The molecule has 0 saturated carbocycles. The summed E-state index contributed by atoms with van der Waals surface area (Å²) < 4.78 is 47.5. The van der Waals surface area contributed by atoms with Crippen molar-refractivity contribution in [3.05, 3.63) is 158 Å². The van der Waals surface area contributed by atoms with Crippen molar-refractivity contribution in [2.75, 3.05) is 11.9 Å². The standard InChI is InChI=1S/C47H39Cl2N5O9S/c1-26-44(27(2)63-52-26)64(59,60)54-24-35-22-42-40(53(3)46(56)43(62-42)33-13-15-36(16-14-33)61-25-30-8-17-37(48)38(49)18-30)20-34(35)21-41(54)45(55)51-39(47(57)58)19-28-4-9-31(10-5-28)32-11-6-29(23-50)7-12-32/h4-18,20,22,39,41,43H,19,21,24-25H2,1-3H3,(H,51,55)(H,57,58)/t39-,41-,43?/m0/s1. The Morgan fingerprint density at radius 2 is 1.61 bits per heavy atom. The molecular weight excluding hydrogens is 882 g/mol. The van der Waals surface area contributed by atoms with E-state index in [9.17, 15) is 27.9 Å². The Labute approximate surface area is 378 Å². The van der Waals surface area contributed by atoms with E-state index in [2.05, 4.69) is 16.5 Å². The van der Waals surface area contributed by atoms with Gasteiger partial charge in [0.05, 0.1) is 27.4 Å². The number of nitrogens with zero attached hydrogens (tertiary/aromatic N) is 4. The van der Waals surface area contributed by atoms with Crippen LogP contribution >= 0.6 is 23.2 Å². The van der Waals surface area contributed by atoms with Crippen LogP contribution in [0.2, 0.25) is 10.0 Å². The summed E-state index contributed by atoms with van der Waals surface area (Å²) in [6, 6.07) is 28.9. The van der Waals surface area contributed by atoms with E-state index in [4.69, 9.17) is 42.5 Å². The zero-order valence-corrected chi connectivity index (χ0v) is 36.9. The minimum Gasteiger partial charge on any atom is -0.489 e. The van der Waals surface area contributed by atoms with E-state index >= 15 is 0 Å². The Morgan fingerprint density at radius 1 is 0.938 bits per heavy atom. The van der Waals surface area contributed by atoms with Crippen molar-refractivity contribution < 1.29 is 41.9 Å². The molecular formula is C47H39Cl2N5O9S. The SMILES string of the molecule is Cc1noc(C)c1S(=O)(=O)N1Cc2cc3c(cc2C[C@H]1C(=O)N[C@@H](Cc1ccc(-c2ccc(C#N)cc2)cc1)C(=O)O)N(C)C(=O)C(c1ccc(OCc2ccc(Cl)c(Cl)c2)cc1)O3. The van der Waals surface area contributed by atoms with Gasteiger partial charge in [-0.1, -0.05) is 83.0 Å². The Kier molecular flexibility index (Phi) is 12.2. The summed E-state index contributed by atoms with van der Waals surface area (Å²) in [7, 11) is -2.87. The van der Waals surface area contributed by atoms with Crippen molar-refractivity contribution in [3.8, 4) is 28.7 Å². The number of aromatic nitrogens is 1. The van der Waals surface area contributed by atoms with Crippen LogP contribution in [0.3, 0.4) is 0 Å². The number of sulfonamides is 1. The molecule has 2 aliphatic rings. The highest BCUT2D eigenvalue weighted by Crippen LogP contribution is 2.43. The van der Waals surface area contributed by atoms with E-state index in [-0.39, 0.29) is 48.3 Å². The molecule has 1 unspecified atom stereocenters. The third-order valence-electron chi connectivity index (χ3n) is 11.3. The van der Waals surface area contributed by atoms with Gasteiger partial charge < -0.3 is 29.3 Å². The van der Waals surface area contributed by atoms with Gasteiger partial charge in [-0.3, -0.25) is 9.59 Å². The molecule has 14 nitrogen and oxygen atoms in total. The van der Waals surface area contributed by atoms with E-state index in [0.29, 0.717) is 55.0 Å². The summed E-state index contributed by atoms with van der Waals surface area (Å²) in [6.07, 6.45) is -1.29. The van der Waals surface area contributed by atoms with Crippen molar-refractivity contribution in [1.29, 1.82) is 5.26 Å². The molecule has 6 aromatic rings. The highest BCUT2D eigenvalue weighted by Gasteiger charge is 2.44. The van der Waals surface area contributed by atoms with Crippen molar-refractivity contribution in [1.82, 2.24) is 14.8 Å². The quantitative estimate of drug-likeness (QED) is 0.122. The average molecular weight is 921 g/mol. The fourth-order valence-electron chi connectivity index (χ4n) is 7.86. The largest absolute Gasteiger partial charge is 0.489 e. The van der Waals surface area contributed by atoms with Gasteiger partial charge in [0.1, 0.15) is 40.8 Å². The van der Waals surface area contributed by atoms with Crippen LogP contribution in [0.15, 0.2) is 113 Å². The van der Waals surface area contributed by atoms with Crippen LogP contribution in [0.5, 0.6) is 11.5 Å². The molecule has 2 aliphatic heterocycles. The Balaban J connectivity index is 1.04. The van der Waals surface area contributed by atoms with Crippen LogP contribution in [0.25, 0.3) is 11.1 Å². The van der Waals surface area contributed by atoms with Crippen LogP contribution in [0, 0.1) is 25.2 Å². The second kappa shape index (κ2) is 17.8. The number of likely N-dealkylation sites (N-methyl/N-ethyl adjacent to an activating group) is 1. The number of carbonyl (C=O) groups is 3. The zero-order valence-electron chi connectivity index (χ0n) is 34.5. The lowest BCUT2D eigenvalue weighted by Crippen LogP contribution is -2.56. The fourth-order valence-corrected chi connectivity index (χ4v) is 10.0. The van der Waals surface area contributed by atoms with Crippen LogP contribution in [-0.4, -0.2) is 59.9 Å². The number of carbonyl (C=O) groups excluding carboxylic acids is 2. The van der Waals surface area contributed by atoms with E-state index < -0.39 is 40.1 Å². The van der Waals surface area contributed by atoms with E-state index in [1.807, 2.05) is 30.3 Å². The summed E-state index contributed by atoms with van der Waals surface area (Å²) in [5.41, 5.74) is 5.81. The maximum atomic E-state index is 14.5. The molecule has 0 aliphatic carbocycles. The number of ether oxygens (including phenoxy) is 2. The van der Waals surface area contributed by atoms with Gasteiger partial charge >= 0.3 is 5.97 Å². The number of aliphatic carboxylic acids is 1. The van der Waals surface area contributed by atoms with E-state index in [1.54, 1.807) is 79.8 Å². The van der Waals surface area contributed by atoms with Crippen molar-refractivity contribution >= 4 is 56.7 Å². The molecule has 3 atom stereocenters. The summed E-state index contributed by atoms with van der Waals surface area (Å²) in [4.78, 5) is 42.0. The summed E-state index contributed by atoms with van der Waals surface area (Å²) >= 11 is 12.2. The molecule has 0 bridgehead atoms. The minimum atomic E-state index is -4.47. The first kappa shape index (κ1) is 43.9. The molecule has 0 fully saturated rings. The molecule has 2 amide bonds. The molecule has 0 saturated heterocycles. The lowest BCUT2D eigenvalue weighted by molar-refractivity contribution is -0.142. The molecule has 64 heavy (non-hydrogen) atoms.